The Kier molecular flexibility index (Phi) is 4.75. The van der Waals surface area contributed by atoms with E-state index in [0.717, 1.165) is 5.56 Å². The first-order chi connectivity index (χ1) is 9.95. The van der Waals surface area contributed by atoms with Crippen molar-refractivity contribution in [3.63, 3.8) is 0 Å². The summed E-state index contributed by atoms with van der Waals surface area (Å²) < 4.78 is 10.9. The number of hydrogen-bond donors (Lipinski definition) is 1. The van der Waals surface area contributed by atoms with Gasteiger partial charge in [0.2, 0.25) is 11.7 Å². The predicted octanol–water partition coefficient (Wildman–Crippen LogP) is 3.18. The molecule has 114 valence electrons. The summed E-state index contributed by atoms with van der Waals surface area (Å²) in [5.41, 5.74) is 0.224. The van der Waals surface area contributed by atoms with Crippen LogP contribution in [0, 0.1) is 0 Å². The molecule has 0 fully saturated rings. The first kappa shape index (κ1) is 15.7. The zero-order valence-corrected chi connectivity index (χ0v) is 12.9. The molecule has 0 radical (unpaired) electrons. The second kappa shape index (κ2) is 6.37. The Hall–Kier alpha value is -1.72. The first-order valence-corrected chi connectivity index (χ1v) is 7.16. The molecule has 1 aromatic heterocycles. The highest BCUT2D eigenvalue weighted by atomic mass is 16.5. The predicted molar refractivity (Wildman–Crippen MR) is 78.8 cm³/mol. The summed E-state index contributed by atoms with van der Waals surface area (Å²) in [4.78, 5) is 4.38. The molecule has 0 aliphatic heterocycles. The van der Waals surface area contributed by atoms with Gasteiger partial charge < -0.3 is 14.4 Å². The van der Waals surface area contributed by atoms with Gasteiger partial charge in [0.05, 0.1) is 12.0 Å². The zero-order chi connectivity index (χ0) is 15.5. The monoisotopic (exact) mass is 290 g/mol. The average molecular weight is 290 g/mol. The molecule has 5 nitrogen and oxygen atoms in total. The maximum atomic E-state index is 10.4. The summed E-state index contributed by atoms with van der Waals surface area (Å²) in [7, 11) is 0. The summed E-state index contributed by atoms with van der Waals surface area (Å²) in [5, 5.41) is 14.4. The fraction of sp³-hybridized carbons (Fsp3) is 0.500. The van der Waals surface area contributed by atoms with Crippen LogP contribution < -0.4 is 0 Å². The number of rotatable bonds is 6. The number of aliphatic hydroxyl groups excluding tert-OH is 1. The van der Waals surface area contributed by atoms with Crippen LogP contribution in [0.4, 0.5) is 0 Å². The van der Waals surface area contributed by atoms with E-state index in [4.69, 9.17) is 9.26 Å². The van der Waals surface area contributed by atoms with E-state index in [1.165, 1.54) is 0 Å². The zero-order valence-electron chi connectivity index (χ0n) is 12.9. The van der Waals surface area contributed by atoms with E-state index in [1.807, 2.05) is 58.0 Å². The van der Waals surface area contributed by atoms with E-state index in [-0.39, 0.29) is 5.92 Å². The van der Waals surface area contributed by atoms with Crippen molar-refractivity contribution in [1.29, 1.82) is 0 Å². The minimum absolute atomic E-state index is 0.286. The summed E-state index contributed by atoms with van der Waals surface area (Å²) in [5.74, 6) is 0.617. The molecule has 0 amide bonds. The Morgan fingerprint density at radius 2 is 1.95 bits per heavy atom. The summed E-state index contributed by atoms with van der Waals surface area (Å²) >= 11 is 0. The third-order valence-electron chi connectivity index (χ3n) is 3.49. The van der Waals surface area contributed by atoms with Crippen molar-refractivity contribution < 1.29 is 14.4 Å². The fourth-order valence-corrected chi connectivity index (χ4v) is 2.16. The van der Waals surface area contributed by atoms with Crippen molar-refractivity contribution in [3.8, 4) is 0 Å². The molecule has 1 aromatic carbocycles. The molecule has 1 heterocycles. The largest absolute Gasteiger partial charge is 0.388 e. The lowest BCUT2D eigenvalue weighted by Gasteiger charge is -2.20. The number of aliphatic hydroxyl groups is 1. The molecule has 5 heteroatoms. The Balaban J connectivity index is 2.17. The molecule has 2 aromatic rings. The molecular weight excluding hydrogens is 268 g/mol. The van der Waals surface area contributed by atoms with E-state index in [9.17, 15) is 5.11 Å². The molecule has 0 saturated carbocycles. The lowest BCUT2D eigenvalue weighted by Crippen LogP contribution is -2.23. The molecule has 2 atom stereocenters. The smallest absolute Gasteiger partial charge is 0.232 e. The standard InChI is InChI=1S/C16H22N2O3/c1-5-20-16(3,4)15-17-14(21-18-15)11(2)13(19)12-9-7-6-8-10-12/h6-11,13,19H,5H2,1-4H3. The Morgan fingerprint density at radius 1 is 1.29 bits per heavy atom. The van der Waals surface area contributed by atoms with Crippen molar-refractivity contribution in [2.75, 3.05) is 6.61 Å². The number of ether oxygens (including phenoxy) is 1. The second-order valence-corrected chi connectivity index (χ2v) is 5.54. The van der Waals surface area contributed by atoms with Crippen LogP contribution in [-0.2, 0) is 10.3 Å². The van der Waals surface area contributed by atoms with Gasteiger partial charge in [0.1, 0.15) is 5.60 Å². The molecule has 1 N–H and O–H groups in total. The van der Waals surface area contributed by atoms with Crippen LogP contribution in [-0.4, -0.2) is 21.9 Å². The molecule has 0 spiro atoms. The van der Waals surface area contributed by atoms with Gasteiger partial charge in [-0.05, 0) is 26.3 Å². The van der Waals surface area contributed by atoms with Crippen LogP contribution in [0.2, 0.25) is 0 Å². The Bertz CT molecular complexity index is 566. The highest BCUT2D eigenvalue weighted by Gasteiger charge is 2.30. The van der Waals surface area contributed by atoms with Crippen LogP contribution in [0.15, 0.2) is 34.9 Å². The van der Waals surface area contributed by atoms with Crippen LogP contribution in [0.5, 0.6) is 0 Å². The second-order valence-electron chi connectivity index (χ2n) is 5.54. The van der Waals surface area contributed by atoms with Crippen LogP contribution in [0.25, 0.3) is 0 Å². The maximum absolute atomic E-state index is 10.4. The lowest BCUT2D eigenvalue weighted by molar-refractivity contribution is -0.0221. The maximum Gasteiger partial charge on any atom is 0.232 e. The highest BCUT2D eigenvalue weighted by Crippen LogP contribution is 2.31. The van der Waals surface area contributed by atoms with Gasteiger partial charge in [-0.15, -0.1) is 0 Å². The van der Waals surface area contributed by atoms with Crippen molar-refractivity contribution in [3.05, 3.63) is 47.6 Å². The van der Waals surface area contributed by atoms with Crippen molar-refractivity contribution >= 4 is 0 Å². The van der Waals surface area contributed by atoms with Crippen LogP contribution in [0.3, 0.4) is 0 Å². The first-order valence-electron chi connectivity index (χ1n) is 7.16. The van der Waals surface area contributed by atoms with Gasteiger partial charge in [0, 0.05) is 6.61 Å². The average Bonchev–Trinajstić information content (AvgIpc) is 2.97. The van der Waals surface area contributed by atoms with E-state index in [2.05, 4.69) is 10.1 Å². The molecule has 0 saturated heterocycles. The third kappa shape index (κ3) is 3.49. The number of hydrogen-bond acceptors (Lipinski definition) is 5. The minimum atomic E-state index is -0.685. The van der Waals surface area contributed by atoms with E-state index < -0.39 is 11.7 Å². The van der Waals surface area contributed by atoms with Gasteiger partial charge in [-0.3, -0.25) is 0 Å². The summed E-state index contributed by atoms with van der Waals surface area (Å²) in [6.07, 6.45) is -0.685. The number of aromatic nitrogens is 2. The van der Waals surface area contributed by atoms with Crippen LogP contribution in [0.1, 0.15) is 57.0 Å². The van der Waals surface area contributed by atoms with Gasteiger partial charge in [-0.2, -0.15) is 4.98 Å². The minimum Gasteiger partial charge on any atom is -0.388 e. The topological polar surface area (TPSA) is 68.4 Å². The third-order valence-corrected chi connectivity index (χ3v) is 3.49. The molecule has 2 rings (SSSR count). The van der Waals surface area contributed by atoms with Crippen molar-refractivity contribution in [1.82, 2.24) is 10.1 Å². The number of benzene rings is 1. The van der Waals surface area contributed by atoms with E-state index in [1.54, 1.807) is 0 Å². The molecule has 0 bridgehead atoms. The Labute approximate surface area is 125 Å². The SMILES string of the molecule is CCOC(C)(C)c1noc(C(C)C(O)c2ccccc2)n1. The van der Waals surface area contributed by atoms with Crippen LogP contribution >= 0.6 is 0 Å². The molecular formula is C16H22N2O3. The van der Waals surface area contributed by atoms with Gasteiger partial charge in [0.25, 0.3) is 0 Å². The molecule has 21 heavy (non-hydrogen) atoms. The van der Waals surface area contributed by atoms with Gasteiger partial charge in [-0.1, -0.05) is 42.4 Å². The normalized spacial score (nSPS) is 14.9. The summed E-state index contributed by atoms with van der Waals surface area (Å²) in [6, 6.07) is 9.45. The van der Waals surface area contributed by atoms with Gasteiger partial charge in [-0.25, -0.2) is 0 Å². The fourth-order valence-electron chi connectivity index (χ4n) is 2.16. The summed E-state index contributed by atoms with van der Waals surface area (Å²) in [6.45, 7) is 8.14. The van der Waals surface area contributed by atoms with E-state index >= 15 is 0 Å². The lowest BCUT2D eigenvalue weighted by atomic mass is 9.97. The van der Waals surface area contributed by atoms with Gasteiger partial charge >= 0.3 is 0 Å². The number of nitrogens with zero attached hydrogens (tertiary/aromatic N) is 2. The molecule has 0 aliphatic carbocycles. The highest BCUT2D eigenvalue weighted by molar-refractivity contribution is 5.20. The van der Waals surface area contributed by atoms with Gasteiger partial charge in [0.15, 0.2) is 0 Å². The van der Waals surface area contributed by atoms with E-state index in [0.29, 0.717) is 18.3 Å². The molecule has 2 unspecified atom stereocenters. The van der Waals surface area contributed by atoms with Crippen molar-refractivity contribution in [2.45, 2.75) is 45.3 Å². The van der Waals surface area contributed by atoms with Crippen molar-refractivity contribution in [2.24, 2.45) is 0 Å². The molecule has 0 aliphatic rings. The Morgan fingerprint density at radius 3 is 2.57 bits per heavy atom. The quantitative estimate of drug-likeness (QED) is 0.885.